The van der Waals surface area contributed by atoms with Gasteiger partial charge in [0.1, 0.15) is 11.8 Å². The van der Waals surface area contributed by atoms with Crippen molar-refractivity contribution in [1.29, 1.82) is 5.26 Å². The van der Waals surface area contributed by atoms with Crippen LogP contribution in [0.5, 0.6) is 11.8 Å². The number of benzene rings is 1. The first kappa shape index (κ1) is 19.5. The van der Waals surface area contributed by atoms with Gasteiger partial charge in [0.25, 0.3) is 5.56 Å². The van der Waals surface area contributed by atoms with Gasteiger partial charge in [-0.2, -0.15) is 15.2 Å². The molecule has 1 aromatic carbocycles. The molecular formula is C22H22N6O2. The van der Waals surface area contributed by atoms with Crippen molar-refractivity contribution in [3.05, 3.63) is 40.2 Å². The molecule has 0 bridgehead atoms. The molecule has 1 saturated heterocycles. The Morgan fingerprint density at radius 1 is 1.17 bits per heavy atom. The van der Waals surface area contributed by atoms with Gasteiger partial charge in [-0.25, -0.2) is 0 Å². The lowest BCUT2D eigenvalue weighted by Gasteiger charge is -2.27. The first-order valence-electron chi connectivity index (χ1n) is 9.93. The van der Waals surface area contributed by atoms with Crippen LogP contribution in [0.4, 0.5) is 5.95 Å². The van der Waals surface area contributed by atoms with Crippen molar-refractivity contribution in [2.24, 2.45) is 7.05 Å². The smallest absolute Gasteiger partial charge is 0.306 e. The fourth-order valence-electron chi connectivity index (χ4n) is 3.61. The van der Waals surface area contributed by atoms with Gasteiger partial charge in [-0.3, -0.25) is 13.9 Å². The van der Waals surface area contributed by atoms with E-state index >= 15 is 0 Å². The van der Waals surface area contributed by atoms with Crippen LogP contribution in [0, 0.1) is 23.2 Å². The highest BCUT2D eigenvalue weighted by molar-refractivity contribution is 5.75. The van der Waals surface area contributed by atoms with Crippen LogP contribution in [-0.2, 0) is 13.6 Å². The van der Waals surface area contributed by atoms with E-state index in [4.69, 9.17) is 4.74 Å². The molecule has 0 aliphatic carbocycles. The summed E-state index contributed by atoms with van der Waals surface area (Å²) in [6, 6.07) is 9.01. The van der Waals surface area contributed by atoms with E-state index in [1.807, 2.05) is 4.57 Å². The molecule has 0 radical (unpaired) electrons. The number of hydrogen-bond acceptors (Lipinski definition) is 6. The molecule has 0 N–H and O–H groups in total. The van der Waals surface area contributed by atoms with E-state index in [0.29, 0.717) is 35.0 Å². The van der Waals surface area contributed by atoms with Crippen molar-refractivity contribution >= 4 is 17.1 Å². The van der Waals surface area contributed by atoms with Gasteiger partial charge in [0.2, 0.25) is 5.95 Å². The Kier molecular flexibility index (Phi) is 5.40. The van der Waals surface area contributed by atoms with Gasteiger partial charge in [0, 0.05) is 20.1 Å². The number of ether oxygens (including phenoxy) is 1. The summed E-state index contributed by atoms with van der Waals surface area (Å²) in [7, 11) is 1.60. The van der Waals surface area contributed by atoms with Crippen molar-refractivity contribution in [2.45, 2.75) is 32.7 Å². The number of rotatable bonds is 4. The number of piperidine rings is 1. The summed E-state index contributed by atoms with van der Waals surface area (Å²) in [5.41, 5.74) is 0.824. The predicted molar refractivity (Wildman–Crippen MR) is 114 cm³/mol. The molecule has 30 heavy (non-hydrogen) atoms. The standard InChI is InChI=1S/C22H22N6O2/c1-3-4-14-28-18-19(24-21(28)27-12-8-5-9-13-27)25-22(26(2)20(18)29)30-17-11-7-6-10-16(17)15-23/h6-7,10-11H,5,8-9,12-14H2,1-2H3. The molecule has 152 valence electrons. The van der Waals surface area contributed by atoms with Gasteiger partial charge in [-0.15, -0.1) is 5.92 Å². The number of hydrogen-bond donors (Lipinski definition) is 0. The van der Waals surface area contributed by atoms with Gasteiger partial charge in [0.05, 0.1) is 12.1 Å². The molecule has 2 aromatic heterocycles. The van der Waals surface area contributed by atoms with Crippen LogP contribution in [0.2, 0.25) is 0 Å². The molecule has 3 aromatic rings. The lowest BCUT2D eigenvalue weighted by atomic mass is 10.1. The molecule has 0 spiro atoms. The maximum Gasteiger partial charge on any atom is 0.306 e. The van der Waals surface area contributed by atoms with E-state index in [1.165, 1.54) is 11.0 Å². The highest BCUT2D eigenvalue weighted by atomic mass is 16.5. The number of imidazole rings is 1. The molecule has 4 rings (SSSR count). The van der Waals surface area contributed by atoms with Crippen LogP contribution < -0.4 is 15.2 Å². The van der Waals surface area contributed by atoms with Crippen LogP contribution >= 0.6 is 0 Å². The Bertz CT molecular complexity index is 1250. The molecule has 0 unspecified atom stereocenters. The summed E-state index contributed by atoms with van der Waals surface area (Å²) in [5.74, 6) is 6.99. The van der Waals surface area contributed by atoms with Gasteiger partial charge in [0.15, 0.2) is 11.2 Å². The van der Waals surface area contributed by atoms with Crippen LogP contribution in [0.15, 0.2) is 29.1 Å². The van der Waals surface area contributed by atoms with Gasteiger partial charge in [-0.05, 0) is 38.3 Å². The molecule has 0 atom stereocenters. The van der Waals surface area contributed by atoms with E-state index < -0.39 is 0 Å². The van der Waals surface area contributed by atoms with Crippen molar-refractivity contribution in [1.82, 2.24) is 19.1 Å². The second-order valence-electron chi connectivity index (χ2n) is 7.11. The Balaban J connectivity index is 1.85. The summed E-state index contributed by atoms with van der Waals surface area (Å²) in [4.78, 5) is 24.6. The Morgan fingerprint density at radius 2 is 1.93 bits per heavy atom. The molecule has 1 aliphatic heterocycles. The van der Waals surface area contributed by atoms with Gasteiger partial charge in [-0.1, -0.05) is 18.1 Å². The number of nitriles is 1. The zero-order valence-electron chi connectivity index (χ0n) is 17.1. The maximum atomic E-state index is 13.2. The fraction of sp³-hybridized carbons (Fsp3) is 0.364. The predicted octanol–water partition coefficient (Wildman–Crippen LogP) is 2.81. The monoisotopic (exact) mass is 402 g/mol. The minimum atomic E-state index is -0.266. The fourth-order valence-corrected chi connectivity index (χ4v) is 3.61. The summed E-state index contributed by atoms with van der Waals surface area (Å²) >= 11 is 0. The molecular weight excluding hydrogens is 380 g/mol. The minimum Gasteiger partial charge on any atom is -0.424 e. The maximum absolute atomic E-state index is 13.2. The number of para-hydroxylation sites is 1. The summed E-state index contributed by atoms with van der Waals surface area (Å²) in [6.07, 6.45) is 3.38. The quantitative estimate of drug-likeness (QED) is 0.624. The summed E-state index contributed by atoms with van der Waals surface area (Å²) in [5, 5.41) is 9.31. The van der Waals surface area contributed by atoms with E-state index in [1.54, 1.807) is 38.2 Å². The molecule has 3 heterocycles. The molecule has 0 amide bonds. The van der Waals surface area contributed by atoms with Crippen molar-refractivity contribution in [2.75, 3.05) is 18.0 Å². The van der Waals surface area contributed by atoms with Gasteiger partial charge >= 0.3 is 6.01 Å². The minimum absolute atomic E-state index is 0.0895. The van der Waals surface area contributed by atoms with Crippen molar-refractivity contribution in [3.63, 3.8) is 0 Å². The Morgan fingerprint density at radius 3 is 2.67 bits per heavy atom. The zero-order valence-corrected chi connectivity index (χ0v) is 17.1. The topological polar surface area (TPSA) is 89.0 Å². The first-order chi connectivity index (χ1) is 14.6. The van der Waals surface area contributed by atoms with Crippen molar-refractivity contribution in [3.8, 4) is 29.7 Å². The second kappa shape index (κ2) is 8.30. The summed E-state index contributed by atoms with van der Waals surface area (Å²) < 4.78 is 9.02. The molecule has 1 aliphatic rings. The van der Waals surface area contributed by atoms with E-state index in [0.717, 1.165) is 25.9 Å². The SMILES string of the molecule is CC#CCn1c(N2CCCCC2)nc2nc(Oc3ccccc3C#N)n(C)c(=O)c21. The van der Waals surface area contributed by atoms with Crippen LogP contribution in [0.1, 0.15) is 31.7 Å². The van der Waals surface area contributed by atoms with Gasteiger partial charge < -0.3 is 9.64 Å². The average Bonchev–Trinajstić information content (AvgIpc) is 3.15. The highest BCUT2D eigenvalue weighted by Gasteiger charge is 2.23. The molecule has 8 heteroatoms. The Hall–Kier alpha value is -3.78. The Labute approximate surface area is 174 Å². The van der Waals surface area contributed by atoms with E-state index in [-0.39, 0.29) is 11.6 Å². The third-order valence-electron chi connectivity index (χ3n) is 5.19. The lowest BCUT2D eigenvalue weighted by Crippen LogP contribution is -2.32. The third kappa shape index (κ3) is 3.48. The number of anilines is 1. The van der Waals surface area contributed by atoms with Crippen LogP contribution in [0.25, 0.3) is 11.2 Å². The number of aromatic nitrogens is 4. The largest absolute Gasteiger partial charge is 0.424 e. The zero-order chi connectivity index (χ0) is 21.1. The second-order valence-corrected chi connectivity index (χ2v) is 7.11. The molecule has 1 fully saturated rings. The first-order valence-corrected chi connectivity index (χ1v) is 9.93. The van der Waals surface area contributed by atoms with Crippen LogP contribution in [0.3, 0.4) is 0 Å². The van der Waals surface area contributed by atoms with E-state index in [9.17, 15) is 10.1 Å². The lowest BCUT2D eigenvalue weighted by molar-refractivity contribution is 0.414. The normalized spacial score (nSPS) is 13.6. The number of nitrogens with zero attached hydrogens (tertiary/aromatic N) is 6. The summed E-state index contributed by atoms with van der Waals surface area (Å²) in [6.45, 7) is 3.92. The number of fused-ring (bicyclic) bond motifs is 1. The average molecular weight is 402 g/mol. The molecule has 0 saturated carbocycles. The third-order valence-corrected chi connectivity index (χ3v) is 5.19. The van der Waals surface area contributed by atoms with E-state index in [2.05, 4.69) is 32.8 Å². The highest BCUT2D eigenvalue weighted by Crippen LogP contribution is 2.26. The van der Waals surface area contributed by atoms with Crippen LogP contribution in [-0.4, -0.2) is 32.2 Å². The van der Waals surface area contributed by atoms with Crippen molar-refractivity contribution < 1.29 is 4.74 Å². The molecule has 8 nitrogen and oxygen atoms in total.